The van der Waals surface area contributed by atoms with E-state index in [9.17, 15) is 9.59 Å². The third-order valence-corrected chi connectivity index (χ3v) is 4.00. The Hall–Kier alpha value is -2.54. The first-order valence-corrected chi connectivity index (χ1v) is 7.81. The van der Waals surface area contributed by atoms with E-state index in [1.165, 1.54) is 14.2 Å². The van der Waals surface area contributed by atoms with Gasteiger partial charge in [-0.3, -0.25) is 0 Å². The summed E-state index contributed by atoms with van der Waals surface area (Å²) >= 11 is 1.58. The molecular weight excluding hydrogens is 316 g/mol. The minimum absolute atomic E-state index is 0.270. The summed E-state index contributed by atoms with van der Waals surface area (Å²) in [5.74, 6) is -0.0476. The molecule has 0 aliphatic heterocycles. The van der Waals surface area contributed by atoms with Gasteiger partial charge in [0.1, 0.15) is 11.3 Å². The SMILES string of the molecule is COC(=O)c1cc(CNC(=O)NCc2cccs2)ccc1OC. The molecular formula is C16H18N2O4S. The normalized spacial score (nSPS) is 10.0. The zero-order valence-electron chi connectivity index (χ0n) is 12.9. The molecule has 6 nitrogen and oxygen atoms in total. The molecule has 0 saturated carbocycles. The Kier molecular flexibility index (Phi) is 5.99. The van der Waals surface area contributed by atoms with Crippen molar-refractivity contribution < 1.29 is 19.1 Å². The van der Waals surface area contributed by atoms with Crippen molar-refractivity contribution in [3.8, 4) is 5.75 Å². The van der Waals surface area contributed by atoms with Crippen LogP contribution in [0.1, 0.15) is 20.8 Å². The molecule has 0 radical (unpaired) electrons. The summed E-state index contributed by atoms with van der Waals surface area (Å²) in [6.45, 7) is 0.782. The number of urea groups is 1. The zero-order valence-corrected chi connectivity index (χ0v) is 13.7. The lowest BCUT2D eigenvalue weighted by Crippen LogP contribution is -2.34. The van der Waals surface area contributed by atoms with E-state index in [1.807, 2.05) is 17.5 Å². The maximum absolute atomic E-state index is 11.8. The van der Waals surface area contributed by atoms with Crippen molar-refractivity contribution in [1.82, 2.24) is 10.6 Å². The Morgan fingerprint density at radius 2 is 1.91 bits per heavy atom. The predicted octanol–water partition coefficient (Wildman–Crippen LogP) is 2.54. The summed E-state index contributed by atoms with van der Waals surface area (Å²) in [5.41, 5.74) is 1.10. The molecule has 0 aliphatic carbocycles. The molecule has 1 aromatic carbocycles. The second kappa shape index (κ2) is 8.19. The lowest BCUT2D eigenvalue weighted by atomic mass is 10.1. The molecule has 2 rings (SSSR count). The molecule has 0 aliphatic rings. The van der Waals surface area contributed by atoms with Gasteiger partial charge in [-0.05, 0) is 29.1 Å². The van der Waals surface area contributed by atoms with Crippen molar-refractivity contribution in [1.29, 1.82) is 0 Å². The number of esters is 1. The van der Waals surface area contributed by atoms with Gasteiger partial charge < -0.3 is 20.1 Å². The molecule has 1 aromatic heterocycles. The average molecular weight is 334 g/mol. The Morgan fingerprint density at radius 3 is 2.57 bits per heavy atom. The highest BCUT2D eigenvalue weighted by molar-refractivity contribution is 7.09. The number of ether oxygens (including phenoxy) is 2. The first-order chi connectivity index (χ1) is 11.1. The molecule has 0 spiro atoms. The molecule has 0 saturated heterocycles. The summed E-state index contributed by atoms with van der Waals surface area (Å²) in [5, 5.41) is 7.47. The van der Waals surface area contributed by atoms with Gasteiger partial charge in [-0.1, -0.05) is 12.1 Å². The molecule has 2 aromatic rings. The number of thiophene rings is 1. The third-order valence-electron chi connectivity index (χ3n) is 3.13. The maximum Gasteiger partial charge on any atom is 0.341 e. The van der Waals surface area contributed by atoms with Crippen LogP contribution in [0.4, 0.5) is 4.79 Å². The van der Waals surface area contributed by atoms with Crippen LogP contribution in [0, 0.1) is 0 Å². The number of benzene rings is 1. The van der Waals surface area contributed by atoms with E-state index in [4.69, 9.17) is 9.47 Å². The monoisotopic (exact) mass is 334 g/mol. The van der Waals surface area contributed by atoms with E-state index in [0.717, 1.165) is 10.4 Å². The van der Waals surface area contributed by atoms with Gasteiger partial charge in [0.2, 0.25) is 0 Å². The summed E-state index contributed by atoms with van der Waals surface area (Å²) in [6.07, 6.45) is 0. The first kappa shape index (κ1) is 16.8. The van der Waals surface area contributed by atoms with Crippen molar-refractivity contribution in [3.05, 3.63) is 51.7 Å². The third kappa shape index (κ3) is 4.72. The molecule has 2 amide bonds. The summed E-state index contributed by atoms with van der Waals surface area (Å²) < 4.78 is 9.85. The Bertz CT molecular complexity index is 671. The van der Waals surface area contributed by atoms with Crippen molar-refractivity contribution >= 4 is 23.3 Å². The number of methoxy groups -OCH3 is 2. The van der Waals surface area contributed by atoms with Gasteiger partial charge in [0.25, 0.3) is 0 Å². The standard InChI is InChI=1S/C16H18N2O4S/c1-21-14-6-5-11(8-13(14)15(19)22-2)9-17-16(20)18-10-12-4-3-7-23-12/h3-8H,9-10H2,1-2H3,(H2,17,18,20). The fraction of sp³-hybridized carbons (Fsp3) is 0.250. The predicted molar refractivity (Wildman–Crippen MR) is 87.7 cm³/mol. The number of carbonyl (C=O) groups is 2. The van der Waals surface area contributed by atoms with Crippen LogP contribution in [0.2, 0.25) is 0 Å². The Labute approximate surface area is 138 Å². The molecule has 0 fully saturated rings. The second-order valence-electron chi connectivity index (χ2n) is 4.64. The lowest BCUT2D eigenvalue weighted by molar-refractivity contribution is 0.0597. The van der Waals surface area contributed by atoms with E-state index < -0.39 is 5.97 Å². The number of hydrogen-bond donors (Lipinski definition) is 2. The van der Waals surface area contributed by atoms with Crippen molar-refractivity contribution in [2.45, 2.75) is 13.1 Å². The number of amides is 2. The molecule has 0 unspecified atom stereocenters. The van der Waals surface area contributed by atoms with Gasteiger partial charge in [0.05, 0.1) is 20.8 Å². The van der Waals surface area contributed by atoms with Crippen molar-refractivity contribution in [2.24, 2.45) is 0 Å². The topological polar surface area (TPSA) is 76.7 Å². The largest absolute Gasteiger partial charge is 0.496 e. The van der Waals surface area contributed by atoms with E-state index in [2.05, 4.69) is 10.6 Å². The van der Waals surface area contributed by atoms with E-state index in [0.29, 0.717) is 24.4 Å². The Morgan fingerprint density at radius 1 is 1.13 bits per heavy atom. The molecule has 2 N–H and O–H groups in total. The van der Waals surface area contributed by atoms with E-state index >= 15 is 0 Å². The molecule has 0 atom stereocenters. The average Bonchev–Trinajstić information content (AvgIpc) is 3.10. The second-order valence-corrected chi connectivity index (χ2v) is 5.67. The van der Waals surface area contributed by atoms with Gasteiger partial charge >= 0.3 is 12.0 Å². The highest BCUT2D eigenvalue weighted by atomic mass is 32.1. The summed E-state index contributed by atoms with van der Waals surface area (Å²) in [4.78, 5) is 24.6. The number of carbonyl (C=O) groups excluding carboxylic acids is 2. The molecule has 1 heterocycles. The van der Waals surface area contributed by atoms with Crippen LogP contribution >= 0.6 is 11.3 Å². The van der Waals surface area contributed by atoms with Gasteiger partial charge in [-0.15, -0.1) is 11.3 Å². The number of hydrogen-bond acceptors (Lipinski definition) is 5. The molecule has 23 heavy (non-hydrogen) atoms. The Balaban J connectivity index is 1.92. The maximum atomic E-state index is 11.8. The molecule has 122 valence electrons. The van der Waals surface area contributed by atoms with Gasteiger partial charge in [0.15, 0.2) is 0 Å². The summed E-state index contributed by atoms with van der Waals surface area (Å²) in [6, 6.07) is 8.72. The van der Waals surface area contributed by atoms with Crippen LogP contribution in [0.25, 0.3) is 0 Å². The minimum atomic E-state index is -0.481. The first-order valence-electron chi connectivity index (χ1n) is 6.93. The number of rotatable bonds is 6. The van der Waals surface area contributed by atoms with Gasteiger partial charge in [-0.25, -0.2) is 9.59 Å². The van der Waals surface area contributed by atoms with Crippen LogP contribution in [-0.4, -0.2) is 26.2 Å². The van der Waals surface area contributed by atoms with Crippen LogP contribution in [-0.2, 0) is 17.8 Å². The molecule has 7 heteroatoms. The van der Waals surface area contributed by atoms with Crippen LogP contribution in [0.3, 0.4) is 0 Å². The fourth-order valence-corrected chi connectivity index (χ4v) is 2.60. The van der Waals surface area contributed by atoms with Crippen molar-refractivity contribution in [3.63, 3.8) is 0 Å². The quantitative estimate of drug-likeness (QED) is 0.796. The van der Waals surface area contributed by atoms with Crippen LogP contribution in [0.5, 0.6) is 5.75 Å². The minimum Gasteiger partial charge on any atom is -0.496 e. The summed E-state index contributed by atoms with van der Waals surface area (Å²) in [7, 11) is 2.79. The lowest BCUT2D eigenvalue weighted by Gasteiger charge is -2.10. The fourth-order valence-electron chi connectivity index (χ4n) is 1.96. The van der Waals surface area contributed by atoms with E-state index in [1.54, 1.807) is 29.5 Å². The molecule has 0 bridgehead atoms. The van der Waals surface area contributed by atoms with Crippen molar-refractivity contribution in [2.75, 3.05) is 14.2 Å². The van der Waals surface area contributed by atoms with Gasteiger partial charge in [0, 0.05) is 11.4 Å². The number of nitrogens with one attached hydrogen (secondary N) is 2. The van der Waals surface area contributed by atoms with E-state index in [-0.39, 0.29) is 6.03 Å². The van der Waals surface area contributed by atoms with Crippen LogP contribution in [0.15, 0.2) is 35.7 Å². The zero-order chi connectivity index (χ0) is 16.7. The highest BCUT2D eigenvalue weighted by Crippen LogP contribution is 2.20. The van der Waals surface area contributed by atoms with Gasteiger partial charge in [-0.2, -0.15) is 0 Å². The van der Waals surface area contributed by atoms with Crippen LogP contribution < -0.4 is 15.4 Å². The highest BCUT2D eigenvalue weighted by Gasteiger charge is 2.13. The smallest absolute Gasteiger partial charge is 0.341 e.